The summed E-state index contributed by atoms with van der Waals surface area (Å²) in [6, 6.07) is 36.0. The highest BCUT2D eigenvalue weighted by Gasteiger charge is 2.20. The predicted molar refractivity (Wildman–Crippen MR) is 146 cm³/mol. The van der Waals surface area contributed by atoms with Crippen LogP contribution in [0.2, 0.25) is 0 Å². The van der Waals surface area contributed by atoms with Gasteiger partial charge in [-0.25, -0.2) is 4.98 Å². The molecule has 0 aliphatic carbocycles. The summed E-state index contributed by atoms with van der Waals surface area (Å²) < 4.78 is 0. The Labute approximate surface area is 211 Å². The van der Waals surface area contributed by atoms with Crippen LogP contribution in [-0.4, -0.2) is 22.4 Å². The maximum absolute atomic E-state index is 13.8. The number of nitrogens with one attached hydrogen (secondary N) is 1. The fourth-order valence-electron chi connectivity index (χ4n) is 4.27. The Kier molecular flexibility index (Phi) is 6.99. The average Bonchev–Trinajstić information content (AvgIpc) is 2.94. The van der Waals surface area contributed by atoms with Crippen molar-refractivity contribution in [1.29, 1.82) is 0 Å². The first-order valence-electron chi connectivity index (χ1n) is 12.2. The van der Waals surface area contributed by atoms with Gasteiger partial charge in [0.15, 0.2) is 0 Å². The number of amides is 1. The molecule has 0 unspecified atom stereocenters. The first-order valence-corrected chi connectivity index (χ1v) is 12.2. The van der Waals surface area contributed by atoms with Crippen LogP contribution >= 0.6 is 0 Å². The SMILES string of the molecule is C[C@H](Nc1nccc(N(CCc2ccccc2)C(=O)c2ccc3ccccc3c2)n1)c1ccccc1. The number of benzene rings is 4. The van der Waals surface area contributed by atoms with Gasteiger partial charge in [0.25, 0.3) is 5.91 Å². The maximum Gasteiger partial charge on any atom is 0.259 e. The quantitative estimate of drug-likeness (QED) is 0.273. The second-order valence-electron chi connectivity index (χ2n) is 8.77. The summed E-state index contributed by atoms with van der Waals surface area (Å²) in [5, 5.41) is 5.51. The molecule has 5 aromatic rings. The van der Waals surface area contributed by atoms with Crippen LogP contribution in [0.5, 0.6) is 0 Å². The van der Waals surface area contributed by atoms with Crippen LogP contribution in [0.15, 0.2) is 115 Å². The first kappa shape index (κ1) is 23.2. The minimum atomic E-state index is -0.0857. The zero-order chi connectivity index (χ0) is 24.7. The zero-order valence-electron chi connectivity index (χ0n) is 20.2. The highest BCUT2D eigenvalue weighted by Crippen LogP contribution is 2.22. The fraction of sp³-hybridized carbons (Fsp3) is 0.129. The number of hydrogen-bond donors (Lipinski definition) is 1. The molecule has 36 heavy (non-hydrogen) atoms. The van der Waals surface area contributed by atoms with Gasteiger partial charge in [-0.1, -0.05) is 91.0 Å². The number of fused-ring (bicyclic) bond motifs is 1. The molecule has 1 atom stereocenters. The molecule has 1 heterocycles. The molecule has 5 nitrogen and oxygen atoms in total. The van der Waals surface area contributed by atoms with Crippen molar-refractivity contribution in [2.24, 2.45) is 0 Å². The molecule has 1 aromatic heterocycles. The summed E-state index contributed by atoms with van der Waals surface area (Å²) in [5.74, 6) is 0.971. The fourth-order valence-corrected chi connectivity index (χ4v) is 4.27. The molecule has 0 radical (unpaired) electrons. The van der Waals surface area contributed by atoms with Gasteiger partial charge < -0.3 is 5.32 Å². The van der Waals surface area contributed by atoms with Crippen LogP contribution in [0.3, 0.4) is 0 Å². The molecule has 0 fully saturated rings. The van der Waals surface area contributed by atoms with E-state index < -0.39 is 0 Å². The van der Waals surface area contributed by atoms with Gasteiger partial charge in [-0.15, -0.1) is 0 Å². The van der Waals surface area contributed by atoms with E-state index in [1.165, 1.54) is 5.56 Å². The Morgan fingerprint density at radius 3 is 2.31 bits per heavy atom. The van der Waals surface area contributed by atoms with Crippen LogP contribution in [-0.2, 0) is 6.42 Å². The van der Waals surface area contributed by atoms with Crippen molar-refractivity contribution < 1.29 is 4.79 Å². The minimum Gasteiger partial charge on any atom is -0.348 e. The van der Waals surface area contributed by atoms with Crippen LogP contribution in [0, 0.1) is 0 Å². The largest absolute Gasteiger partial charge is 0.348 e. The van der Waals surface area contributed by atoms with Gasteiger partial charge in [-0.2, -0.15) is 4.98 Å². The molecule has 0 saturated heterocycles. The third-order valence-corrected chi connectivity index (χ3v) is 6.27. The normalized spacial score (nSPS) is 11.7. The van der Waals surface area contributed by atoms with Gasteiger partial charge in [0.1, 0.15) is 5.82 Å². The van der Waals surface area contributed by atoms with Gasteiger partial charge in [0.05, 0.1) is 6.04 Å². The monoisotopic (exact) mass is 472 g/mol. The lowest BCUT2D eigenvalue weighted by molar-refractivity contribution is 0.0986. The van der Waals surface area contributed by atoms with Crippen LogP contribution < -0.4 is 10.2 Å². The molecule has 5 heteroatoms. The van der Waals surface area contributed by atoms with Gasteiger partial charge in [0.2, 0.25) is 5.95 Å². The number of anilines is 2. The maximum atomic E-state index is 13.8. The standard InChI is InChI=1S/C31H28N4O/c1-23(25-12-6-3-7-13-25)33-31-32-20-18-29(34-31)35(21-19-24-10-4-2-5-11-24)30(36)28-17-16-26-14-8-9-15-27(26)22-28/h2-18,20,22-23H,19,21H2,1H3,(H,32,33,34)/t23-/m0/s1. The van der Waals surface area contributed by atoms with E-state index >= 15 is 0 Å². The van der Waals surface area contributed by atoms with E-state index in [1.807, 2.05) is 78.9 Å². The second kappa shape index (κ2) is 10.8. The average molecular weight is 473 g/mol. The number of aromatic nitrogens is 2. The lowest BCUT2D eigenvalue weighted by Gasteiger charge is -2.23. The van der Waals surface area contributed by atoms with Crippen molar-refractivity contribution in [3.63, 3.8) is 0 Å². The summed E-state index contributed by atoms with van der Waals surface area (Å²) in [6.07, 6.45) is 2.42. The molecular weight excluding hydrogens is 444 g/mol. The smallest absolute Gasteiger partial charge is 0.259 e. The molecule has 5 rings (SSSR count). The van der Waals surface area contributed by atoms with Crippen LogP contribution in [0.4, 0.5) is 11.8 Å². The van der Waals surface area contributed by atoms with Gasteiger partial charge in [0, 0.05) is 18.3 Å². The number of hydrogen-bond acceptors (Lipinski definition) is 4. The van der Waals surface area contributed by atoms with E-state index in [0.717, 1.165) is 16.3 Å². The summed E-state index contributed by atoms with van der Waals surface area (Å²) >= 11 is 0. The van der Waals surface area contributed by atoms with E-state index in [2.05, 4.69) is 41.5 Å². The van der Waals surface area contributed by atoms with Crippen molar-refractivity contribution in [2.75, 3.05) is 16.8 Å². The lowest BCUT2D eigenvalue weighted by atomic mass is 10.1. The summed E-state index contributed by atoms with van der Waals surface area (Å²) in [4.78, 5) is 24.7. The molecule has 0 bridgehead atoms. The van der Waals surface area contributed by atoms with E-state index in [0.29, 0.717) is 30.3 Å². The van der Waals surface area contributed by atoms with Crippen molar-refractivity contribution >= 4 is 28.4 Å². The van der Waals surface area contributed by atoms with Gasteiger partial charge in [-0.3, -0.25) is 9.69 Å². The van der Waals surface area contributed by atoms with Gasteiger partial charge in [-0.05, 0) is 53.4 Å². The van der Waals surface area contributed by atoms with Crippen molar-refractivity contribution in [3.8, 4) is 0 Å². The van der Waals surface area contributed by atoms with E-state index in [4.69, 9.17) is 4.98 Å². The lowest BCUT2D eigenvalue weighted by Crippen LogP contribution is -2.34. The van der Waals surface area contributed by atoms with Crippen LogP contribution in [0.1, 0.15) is 34.5 Å². The molecular formula is C31H28N4O. The molecule has 1 amide bonds. The molecule has 178 valence electrons. The Balaban J connectivity index is 1.44. The molecule has 0 spiro atoms. The molecule has 1 N–H and O–H groups in total. The van der Waals surface area contributed by atoms with E-state index in [1.54, 1.807) is 17.2 Å². The Morgan fingerprint density at radius 1 is 0.833 bits per heavy atom. The molecule has 0 aliphatic rings. The summed E-state index contributed by atoms with van der Waals surface area (Å²) in [5.41, 5.74) is 2.94. The van der Waals surface area contributed by atoms with E-state index in [9.17, 15) is 4.79 Å². The van der Waals surface area contributed by atoms with Gasteiger partial charge >= 0.3 is 0 Å². The number of carbonyl (C=O) groups is 1. The molecule has 0 aliphatic heterocycles. The Morgan fingerprint density at radius 2 is 1.53 bits per heavy atom. The first-order chi connectivity index (χ1) is 17.7. The van der Waals surface area contributed by atoms with Crippen molar-refractivity contribution in [2.45, 2.75) is 19.4 Å². The van der Waals surface area contributed by atoms with Crippen molar-refractivity contribution in [1.82, 2.24) is 9.97 Å². The zero-order valence-corrected chi connectivity index (χ0v) is 20.2. The predicted octanol–water partition coefficient (Wildman–Crippen LogP) is 6.69. The third kappa shape index (κ3) is 5.41. The molecule has 0 saturated carbocycles. The topological polar surface area (TPSA) is 58.1 Å². The Bertz CT molecular complexity index is 1450. The number of nitrogens with zero attached hydrogens (tertiary/aromatic N) is 3. The second-order valence-corrected chi connectivity index (χ2v) is 8.77. The third-order valence-electron chi connectivity index (χ3n) is 6.27. The number of carbonyl (C=O) groups excluding carboxylic acids is 1. The van der Waals surface area contributed by atoms with Crippen LogP contribution in [0.25, 0.3) is 10.8 Å². The highest BCUT2D eigenvalue weighted by molar-refractivity contribution is 6.07. The Hall–Kier alpha value is -4.51. The number of rotatable bonds is 8. The highest BCUT2D eigenvalue weighted by atomic mass is 16.2. The van der Waals surface area contributed by atoms with Crippen molar-refractivity contribution in [3.05, 3.63) is 132 Å². The minimum absolute atomic E-state index is 0.0235. The molecule has 4 aromatic carbocycles. The summed E-state index contributed by atoms with van der Waals surface area (Å²) in [7, 11) is 0. The summed E-state index contributed by atoms with van der Waals surface area (Å²) in [6.45, 7) is 2.57. The van der Waals surface area contributed by atoms with E-state index in [-0.39, 0.29) is 11.9 Å².